The number of hydrogen-bond acceptors (Lipinski definition) is 6. The molecule has 26 heavy (non-hydrogen) atoms. The quantitative estimate of drug-likeness (QED) is 0.715. The van der Waals surface area contributed by atoms with Crippen LogP contribution in [0.2, 0.25) is 0 Å². The van der Waals surface area contributed by atoms with E-state index in [9.17, 15) is 18.0 Å². The summed E-state index contributed by atoms with van der Waals surface area (Å²) in [4.78, 5) is 21.0. The lowest BCUT2D eigenvalue weighted by Gasteiger charge is -2.20. The van der Waals surface area contributed by atoms with E-state index in [1.54, 1.807) is 11.8 Å². The summed E-state index contributed by atoms with van der Waals surface area (Å²) in [5.74, 6) is -0.275. The molecule has 144 valence electrons. The van der Waals surface area contributed by atoms with Gasteiger partial charge < -0.3 is 20.3 Å². The van der Waals surface area contributed by atoms with Gasteiger partial charge in [-0.3, -0.25) is 4.79 Å². The Morgan fingerprint density at radius 2 is 2.19 bits per heavy atom. The number of carbonyl (C=O) groups is 1. The number of rotatable bonds is 7. The normalized spacial score (nSPS) is 15.5. The number of nitrogens with one attached hydrogen (secondary N) is 2. The van der Waals surface area contributed by atoms with Crippen LogP contribution < -0.4 is 10.6 Å². The summed E-state index contributed by atoms with van der Waals surface area (Å²) in [5.41, 5.74) is -0.429. The van der Waals surface area contributed by atoms with Gasteiger partial charge in [0, 0.05) is 31.5 Å². The van der Waals surface area contributed by atoms with Crippen molar-refractivity contribution in [2.45, 2.75) is 25.9 Å². The zero-order valence-electron chi connectivity index (χ0n) is 14.5. The topological polar surface area (TPSA) is 79.4 Å². The van der Waals surface area contributed by atoms with Crippen molar-refractivity contribution in [3.05, 3.63) is 24.0 Å². The maximum Gasteiger partial charge on any atom is 0.421 e. The Morgan fingerprint density at radius 1 is 1.42 bits per heavy atom. The molecule has 1 fully saturated rings. The molecule has 0 atom stereocenters. The largest absolute Gasteiger partial charge is 0.421 e. The Morgan fingerprint density at radius 3 is 2.88 bits per heavy atom. The molecule has 0 bridgehead atoms. The summed E-state index contributed by atoms with van der Waals surface area (Å²) in [6, 6.07) is 0. The third-order valence-electron chi connectivity index (χ3n) is 3.64. The first-order valence-electron chi connectivity index (χ1n) is 8.23. The van der Waals surface area contributed by atoms with Gasteiger partial charge in [-0.05, 0) is 13.3 Å². The highest BCUT2D eigenvalue weighted by Crippen LogP contribution is 2.33. The molecule has 1 amide bonds. The summed E-state index contributed by atoms with van der Waals surface area (Å²) in [5, 5.41) is 5.38. The second-order valence-electron chi connectivity index (χ2n) is 5.88. The van der Waals surface area contributed by atoms with Gasteiger partial charge >= 0.3 is 6.18 Å². The van der Waals surface area contributed by atoms with Crippen molar-refractivity contribution in [1.82, 2.24) is 14.9 Å². The molecule has 1 aromatic rings. The van der Waals surface area contributed by atoms with E-state index < -0.39 is 11.7 Å². The molecule has 0 radical (unpaired) electrons. The fourth-order valence-corrected chi connectivity index (χ4v) is 2.41. The molecule has 1 aliphatic rings. The van der Waals surface area contributed by atoms with E-state index in [0.29, 0.717) is 44.8 Å². The number of amides is 1. The predicted octanol–water partition coefficient (Wildman–Crippen LogP) is 2.49. The maximum absolute atomic E-state index is 13.1. The Labute approximate surface area is 149 Å². The summed E-state index contributed by atoms with van der Waals surface area (Å²) in [6.45, 7) is 7.31. The van der Waals surface area contributed by atoms with Gasteiger partial charge in [0.15, 0.2) is 0 Å². The molecule has 1 aliphatic heterocycles. The van der Waals surface area contributed by atoms with Gasteiger partial charge in [0.05, 0.1) is 19.6 Å². The molecule has 1 aromatic heterocycles. The Hall–Kier alpha value is -2.36. The Kier molecular flexibility index (Phi) is 6.78. The highest BCUT2D eigenvalue weighted by atomic mass is 19.4. The van der Waals surface area contributed by atoms with Crippen LogP contribution in [0.25, 0.3) is 0 Å². The Bertz CT molecular complexity index is 651. The number of hydrogen-bond donors (Lipinski definition) is 2. The van der Waals surface area contributed by atoms with Gasteiger partial charge in [-0.1, -0.05) is 6.58 Å². The van der Waals surface area contributed by atoms with E-state index in [1.807, 2.05) is 0 Å². The molecule has 0 saturated carbocycles. The van der Waals surface area contributed by atoms with E-state index in [4.69, 9.17) is 4.74 Å². The second-order valence-corrected chi connectivity index (χ2v) is 5.88. The fourth-order valence-electron chi connectivity index (χ4n) is 2.41. The van der Waals surface area contributed by atoms with E-state index in [0.717, 1.165) is 6.20 Å². The van der Waals surface area contributed by atoms with Crippen LogP contribution in [0.15, 0.2) is 18.5 Å². The molecular formula is C16H22F3N5O2. The number of ether oxygens (including phenoxy) is 1. The fraction of sp³-hybridized carbons (Fsp3) is 0.562. The lowest BCUT2D eigenvalue weighted by Crippen LogP contribution is -2.33. The van der Waals surface area contributed by atoms with Crippen molar-refractivity contribution in [1.29, 1.82) is 0 Å². The van der Waals surface area contributed by atoms with Gasteiger partial charge in [-0.25, -0.2) is 4.98 Å². The Balaban J connectivity index is 1.97. The molecule has 0 aliphatic carbocycles. The molecule has 2 rings (SSSR count). The lowest BCUT2D eigenvalue weighted by molar-refractivity contribution is -0.137. The summed E-state index contributed by atoms with van der Waals surface area (Å²) >= 11 is 0. The number of halogens is 3. The number of alkyl halides is 3. The third kappa shape index (κ3) is 5.87. The first kappa shape index (κ1) is 20.0. The molecule has 2 N–H and O–H groups in total. The van der Waals surface area contributed by atoms with Crippen molar-refractivity contribution >= 4 is 17.7 Å². The van der Waals surface area contributed by atoms with Gasteiger partial charge in [0.2, 0.25) is 11.9 Å². The SMILES string of the molecule is C=C(C)Nc1ncc(C(F)(F)F)c(NCCCN2CCOCCC2=O)n1. The number of nitrogens with zero attached hydrogens (tertiary/aromatic N) is 3. The van der Waals surface area contributed by atoms with E-state index >= 15 is 0 Å². The minimum absolute atomic E-state index is 0.00605. The van der Waals surface area contributed by atoms with Gasteiger partial charge in [0.1, 0.15) is 11.4 Å². The average molecular weight is 373 g/mol. The van der Waals surface area contributed by atoms with Crippen LogP contribution in [0.5, 0.6) is 0 Å². The summed E-state index contributed by atoms with van der Waals surface area (Å²) in [7, 11) is 0. The minimum atomic E-state index is -4.57. The van der Waals surface area contributed by atoms with Crippen LogP contribution in [0.3, 0.4) is 0 Å². The van der Waals surface area contributed by atoms with E-state index in [-0.39, 0.29) is 24.2 Å². The molecule has 2 heterocycles. The summed E-state index contributed by atoms with van der Waals surface area (Å²) in [6.07, 6.45) is -3.03. The first-order chi connectivity index (χ1) is 12.3. The molecule has 7 nitrogen and oxygen atoms in total. The van der Waals surface area contributed by atoms with Crippen molar-refractivity contribution in [3.8, 4) is 0 Å². The molecule has 0 unspecified atom stereocenters. The monoisotopic (exact) mass is 373 g/mol. The molecule has 0 aromatic carbocycles. The van der Waals surface area contributed by atoms with Gasteiger partial charge in [-0.15, -0.1) is 0 Å². The number of carbonyl (C=O) groups excluding carboxylic acids is 1. The smallest absolute Gasteiger partial charge is 0.379 e. The summed E-state index contributed by atoms with van der Waals surface area (Å²) < 4.78 is 44.6. The molecule has 1 saturated heterocycles. The van der Waals surface area contributed by atoms with Crippen molar-refractivity contribution in [2.75, 3.05) is 43.5 Å². The van der Waals surface area contributed by atoms with Gasteiger partial charge in [0.25, 0.3) is 0 Å². The third-order valence-corrected chi connectivity index (χ3v) is 3.64. The van der Waals surface area contributed by atoms with Crippen molar-refractivity contribution in [3.63, 3.8) is 0 Å². The van der Waals surface area contributed by atoms with E-state index in [1.165, 1.54) is 0 Å². The van der Waals surface area contributed by atoms with Gasteiger partial charge in [-0.2, -0.15) is 18.2 Å². The highest BCUT2D eigenvalue weighted by molar-refractivity contribution is 5.76. The van der Waals surface area contributed by atoms with Crippen molar-refractivity contribution in [2.24, 2.45) is 0 Å². The second kappa shape index (κ2) is 8.84. The molecular weight excluding hydrogens is 351 g/mol. The highest BCUT2D eigenvalue weighted by Gasteiger charge is 2.35. The number of allylic oxidation sites excluding steroid dienone is 1. The van der Waals surface area contributed by atoms with Crippen LogP contribution in [-0.2, 0) is 15.7 Å². The average Bonchev–Trinajstić information content (AvgIpc) is 2.74. The van der Waals surface area contributed by atoms with Crippen LogP contribution in [-0.4, -0.2) is 53.6 Å². The molecule has 10 heteroatoms. The minimum Gasteiger partial charge on any atom is -0.379 e. The van der Waals surface area contributed by atoms with Crippen molar-refractivity contribution < 1.29 is 22.7 Å². The van der Waals surface area contributed by atoms with Crippen LogP contribution >= 0.6 is 0 Å². The molecule has 0 spiro atoms. The zero-order chi connectivity index (χ0) is 19.2. The van der Waals surface area contributed by atoms with Crippen LogP contribution in [0.4, 0.5) is 24.9 Å². The standard InChI is InChI=1S/C16H22F3N5O2/c1-11(2)22-15-21-10-12(16(17,18)19)14(23-15)20-5-3-6-24-7-9-26-8-4-13(24)25/h10H,1,3-9H2,2H3,(H2,20,21,22,23). The lowest BCUT2D eigenvalue weighted by atomic mass is 10.3. The van der Waals surface area contributed by atoms with Crippen LogP contribution in [0.1, 0.15) is 25.3 Å². The van der Waals surface area contributed by atoms with E-state index in [2.05, 4.69) is 27.2 Å². The number of anilines is 2. The zero-order valence-corrected chi connectivity index (χ0v) is 14.5. The maximum atomic E-state index is 13.1. The predicted molar refractivity (Wildman–Crippen MR) is 90.6 cm³/mol. The van der Waals surface area contributed by atoms with Crippen LogP contribution in [0, 0.1) is 0 Å². The number of aromatic nitrogens is 2. The first-order valence-corrected chi connectivity index (χ1v) is 8.23.